The van der Waals surface area contributed by atoms with Gasteiger partial charge in [0.15, 0.2) is 0 Å². The van der Waals surface area contributed by atoms with Crippen molar-refractivity contribution in [2.75, 3.05) is 13.1 Å². The number of allylic oxidation sites excluding steroid dienone is 2. The Bertz CT molecular complexity index is 600. The van der Waals surface area contributed by atoms with E-state index in [4.69, 9.17) is 0 Å². The fourth-order valence-corrected chi connectivity index (χ4v) is 2.64. The smallest absolute Gasteiger partial charge is 0.229 e. The molecule has 0 unspecified atom stereocenters. The zero-order chi connectivity index (χ0) is 16.3. The Balaban J connectivity index is 2.03. The summed E-state index contributed by atoms with van der Waals surface area (Å²) in [5.41, 5.74) is 0.552. The molecule has 0 aliphatic heterocycles. The van der Waals surface area contributed by atoms with Crippen LogP contribution in [0.5, 0.6) is 0 Å². The third kappa shape index (κ3) is 3.39. The Morgan fingerprint density at radius 3 is 2.23 bits per heavy atom. The molecule has 0 amide bonds. The van der Waals surface area contributed by atoms with Gasteiger partial charge in [-0.15, -0.1) is 0 Å². The number of fused-ring (bicyclic) bond motifs is 1. The lowest BCUT2D eigenvalue weighted by Crippen LogP contribution is -2.42. The lowest BCUT2D eigenvalue weighted by atomic mass is 10.0. The highest BCUT2D eigenvalue weighted by Crippen LogP contribution is 2.15. The van der Waals surface area contributed by atoms with Crippen molar-refractivity contribution in [3.8, 4) is 0 Å². The third-order valence-corrected chi connectivity index (χ3v) is 3.68. The van der Waals surface area contributed by atoms with Crippen molar-refractivity contribution in [3.05, 3.63) is 35.6 Å². The normalized spacial score (nSPS) is 14.6. The molecule has 1 aliphatic carbocycles. The summed E-state index contributed by atoms with van der Waals surface area (Å²) in [5.74, 6) is -0.557. The molecule has 1 aromatic heterocycles. The SMILES string of the molecule is CC(C)N(CCNC1=CC(=O)c2nccnc2C1=O)C(C)C. The highest BCUT2D eigenvalue weighted by Gasteiger charge is 2.27. The van der Waals surface area contributed by atoms with E-state index in [2.05, 4.69) is 47.9 Å². The number of nitrogens with one attached hydrogen (secondary N) is 1. The van der Waals surface area contributed by atoms with E-state index in [1.807, 2.05) is 0 Å². The summed E-state index contributed by atoms with van der Waals surface area (Å²) in [7, 11) is 0. The summed E-state index contributed by atoms with van der Waals surface area (Å²) in [6, 6.07) is 0.845. The Hall–Kier alpha value is -2.08. The standard InChI is InChI=1S/C16H22N4O2/c1-10(2)20(11(3)4)8-7-17-12-9-13(21)14-15(16(12)22)19-6-5-18-14/h5-6,9-11,17H,7-8H2,1-4H3. The van der Waals surface area contributed by atoms with Gasteiger partial charge in [0, 0.05) is 43.6 Å². The Labute approximate surface area is 130 Å². The molecular formula is C16H22N4O2. The fraction of sp³-hybridized carbons (Fsp3) is 0.500. The van der Waals surface area contributed by atoms with Gasteiger partial charge in [-0.1, -0.05) is 0 Å². The van der Waals surface area contributed by atoms with Gasteiger partial charge < -0.3 is 5.32 Å². The van der Waals surface area contributed by atoms with Crippen molar-refractivity contribution in [2.24, 2.45) is 0 Å². The van der Waals surface area contributed by atoms with Crippen LogP contribution in [0.2, 0.25) is 0 Å². The molecule has 0 saturated carbocycles. The van der Waals surface area contributed by atoms with Crippen molar-refractivity contribution in [1.82, 2.24) is 20.2 Å². The summed E-state index contributed by atoms with van der Waals surface area (Å²) in [4.78, 5) is 34.5. The number of ketones is 2. The molecule has 6 nitrogen and oxygen atoms in total. The lowest BCUT2D eigenvalue weighted by Gasteiger charge is -2.30. The van der Waals surface area contributed by atoms with E-state index in [0.717, 1.165) is 6.54 Å². The predicted molar refractivity (Wildman–Crippen MR) is 83.8 cm³/mol. The zero-order valence-corrected chi connectivity index (χ0v) is 13.5. The van der Waals surface area contributed by atoms with E-state index >= 15 is 0 Å². The van der Waals surface area contributed by atoms with Crippen LogP contribution in [0, 0.1) is 0 Å². The molecule has 0 spiro atoms. The lowest BCUT2D eigenvalue weighted by molar-refractivity contribution is 0.0969. The third-order valence-electron chi connectivity index (χ3n) is 3.68. The van der Waals surface area contributed by atoms with Crippen molar-refractivity contribution in [1.29, 1.82) is 0 Å². The molecule has 0 fully saturated rings. The van der Waals surface area contributed by atoms with Gasteiger partial charge in [-0.3, -0.25) is 14.5 Å². The van der Waals surface area contributed by atoms with E-state index in [1.54, 1.807) is 0 Å². The Kier molecular flexibility index (Phi) is 5.03. The number of carbonyl (C=O) groups excluding carboxylic acids is 2. The molecule has 1 heterocycles. The van der Waals surface area contributed by atoms with Crippen LogP contribution in [-0.4, -0.2) is 51.6 Å². The topological polar surface area (TPSA) is 75.2 Å². The number of aromatic nitrogens is 2. The Morgan fingerprint density at radius 2 is 1.64 bits per heavy atom. The van der Waals surface area contributed by atoms with Crippen LogP contribution >= 0.6 is 0 Å². The minimum atomic E-state index is -0.283. The van der Waals surface area contributed by atoms with Gasteiger partial charge in [0.05, 0.1) is 5.70 Å². The molecule has 22 heavy (non-hydrogen) atoms. The quantitative estimate of drug-likeness (QED) is 0.857. The maximum Gasteiger partial charge on any atom is 0.229 e. The van der Waals surface area contributed by atoms with Gasteiger partial charge in [0.2, 0.25) is 11.6 Å². The van der Waals surface area contributed by atoms with Crippen molar-refractivity contribution in [3.63, 3.8) is 0 Å². The van der Waals surface area contributed by atoms with Crippen LogP contribution in [0.4, 0.5) is 0 Å². The molecule has 0 radical (unpaired) electrons. The first-order valence-corrected chi connectivity index (χ1v) is 7.53. The Morgan fingerprint density at radius 1 is 1.05 bits per heavy atom. The summed E-state index contributed by atoms with van der Waals surface area (Å²) in [5, 5.41) is 3.06. The average Bonchev–Trinajstić information content (AvgIpc) is 2.47. The van der Waals surface area contributed by atoms with Crippen LogP contribution in [0.1, 0.15) is 48.7 Å². The van der Waals surface area contributed by atoms with Crippen molar-refractivity contribution < 1.29 is 9.59 Å². The molecule has 2 rings (SSSR count). The number of carbonyl (C=O) groups is 2. The number of rotatable bonds is 6. The van der Waals surface area contributed by atoms with Gasteiger partial charge in [0.1, 0.15) is 11.4 Å². The maximum absolute atomic E-state index is 12.3. The first-order valence-electron chi connectivity index (χ1n) is 7.53. The highest BCUT2D eigenvalue weighted by atomic mass is 16.1. The van der Waals surface area contributed by atoms with E-state index in [0.29, 0.717) is 24.3 Å². The minimum absolute atomic E-state index is 0.127. The number of nitrogens with zero attached hydrogens (tertiary/aromatic N) is 3. The molecule has 0 aromatic carbocycles. The van der Waals surface area contributed by atoms with Gasteiger partial charge in [-0.05, 0) is 27.7 Å². The molecule has 1 aliphatic rings. The zero-order valence-electron chi connectivity index (χ0n) is 13.5. The molecule has 1 N–H and O–H groups in total. The number of Topliss-reactive ketones (excluding diaryl/α,β-unsaturated/α-hetero) is 1. The monoisotopic (exact) mass is 302 g/mol. The number of hydrogen-bond acceptors (Lipinski definition) is 6. The second kappa shape index (κ2) is 6.79. The fourth-order valence-electron chi connectivity index (χ4n) is 2.64. The molecule has 1 aromatic rings. The van der Waals surface area contributed by atoms with Gasteiger partial charge in [-0.2, -0.15) is 0 Å². The van der Waals surface area contributed by atoms with E-state index in [1.165, 1.54) is 18.5 Å². The number of hydrogen-bond donors (Lipinski definition) is 1. The van der Waals surface area contributed by atoms with Gasteiger partial charge in [-0.25, -0.2) is 9.97 Å². The second-order valence-electron chi connectivity index (χ2n) is 5.86. The summed E-state index contributed by atoms with van der Waals surface area (Å²) in [6.07, 6.45) is 4.15. The van der Waals surface area contributed by atoms with Crippen LogP contribution in [-0.2, 0) is 0 Å². The van der Waals surface area contributed by atoms with Crippen LogP contribution in [0.15, 0.2) is 24.2 Å². The average molecular weight is 302 g/mol. The summed E-state index contributed by atoms with van der Waals surface area (Å²) >= 11 is 0. The molecular weight excluding hydrogens is 280 g/mol. The maximum atomic E-state index is 12.3. The first-order chi connectivity index (χ1) is 10.4. The predicted octanol–water partition coefficient (Wildman–Crippen LogP) is 1.45. The summed E-state index contributed by atoms with van der Waals surface area (Å²) in [6.45, 7) is 9.94. The van der Waals surface area contributed by atoms with Crippen LogP contribution in [0.25, 0.3) is 0 Å². The second-order valence-corrected chi connectivity index (χ2v) is 5.86. The molecule has 6 heteroatoms. The van der Waals surface area contributed by atoms with Gasteiger partial charge >= 0.3 is 0 Å². The molecule has 0 saturated heterocycles. The molecule has 0 bridgehead atoms. The van der Waals surface area contributed by atoms with Crippen LogP contribution in [0.3, 0.4) is 0 Å². The van der Waals surface area contributed by atoms with E-state index in [-0.39, 0.29) is 23.0 Å². The molecule has 0 atom stereocenters. The van der Waals surface area contributed by atoms with E-state index in [9.17, 15) is 9.59 Å². The largest absolute Gasteiger partial charge is 0.380 e. The van der Waals surface area contributed by atoms with Crippen molar-refractivity contribution >= 4 is 11.6 Å². The molecule has 118 valence electrons. The van der Waals surface area contributed by atoms with Crippen molar-refractivity contribution in [2.45, 2.75) is 39.8 Å². The van der Waals surface area contributed by atoms with Crippen LogP contribution < -0.4 is 5.32 Å². The first kappa shape index (κ1) is 16.3. The minimum Gasteiger partial charge on any atom is -0.380 e. The highest BCUT2D eigenvalue weighted by molar-refractivity contribution is 6.22. The summed E-state index contributed by atoms with van der Waals surface area (Å²) < 4.78 is 0. The van der Waals surface area contributed by atoms with Gasteiger partial charge in [0.25, 0.3) is 0 Å². The van der Waals surface area contributed by atoms with E-state index < -0.39 is 0 Å².